The van der Waals surface area contributed by atoms with E-state index in [4.69, 9.17) is 4.74 Å². The van der Waals surface area contributed by atoms with Gasteiger partial charge in [0.2, 0.25) is 0 Å². The summed E-state index contributed by atoms with van der Waals surface area (Å²) in [4.78, 5) is 11.8. The molecule has 2 nitrogen and oxygen atoms in total. The summed E-state index contributed by atoms with van der Waals surface area (Å²) in [7, 11) is 0. The molecule has 0 aliphatic heterocycles. The van der Waals surface area contributed by atoms with E-state index in [1.807, 2.05) is 24.3 Å². The van der Waals surface area contributed by atoms with Gasteiger partial charge < -0.3 is 4.74 Å². The molecule has 0 saturated heterocycles. The molecule has 0 aliphatic rings. The van der Waals surface area contributed by atoms with E-state index in [0.29, 0.717) is 5.75 Å². The summed E-state index contributed by atoms with van der Waals surface area (Å²) in [6.07, 6.45) is 11.9. The number of rotatable bonds is 10. The van der Waals surface area contributed by atoms with Crippen LogP contribution in [-0.4, -0.2) is 5.97 Å². The number of unbranched alkanes of at least 4 members (excludes halogenated alkanes) is 2. The first kappa shape index (κ1) is 20.7. The van der Waals surface area contributed by atoms with E-state index < -0.39 is 5.97 Å². The third-order valence-corrected chi connectivity index (χ3v) is 4.62. The Kier molecular flexibility index (Phi) is 8.57. The van der Waals surface area contributed by atoms with Crippen LogP contribution in [-0.2, 0) is 17.6 Å². The quantitative estimate of drug-likeness (QED) is 0.205. The van der Waals surface area contributed by atoms with Crippen LogP contribution in [0.2, 0.25) is 0 Å². The van der Waals surface area contributed by atoms with Crippen LogP contribution >= 0.6 is 0 Å². The molecule has 2 aromatic carbocycles. The molecule has 0 atom stereocenters. The van der Waals surface area contributed by atoms with Crippen molar-refractivity contribution in [2.24, 2.45) is 0 Å². The normalized spacial score (nSPS) is 10.9. The minimum Gasteiger partial charge on any atom is -0.423 e. The van der Waals surface area contributed by atoms with Crippen LogP contribution in [0.4, 0.5) is 0 Å². The third kappa shape index (κ3) is 6.25. The first-order valence-electron chi connectivity index (χ1n) is 9.91. The van der Waals surface area contributed by atoms with Crippen molar-refractivity contribution in [2.75, 3.05) is 0 Å². The number of ether oxygens (including phenoxy) is 1. The Balaban J connectivity index is 2.45. The van der Waals surface area contributed by atoms with Gasteiger partial charge >= 0.3 is 5.97 Å². The zero-order chi connectivity index (χ0) is 19.5. The molecular weight excluding hydrogens is 332 g/mol. The molecule has 0 N–H and O–H groups in total. The Morgan fingerprint density at radius 2 is 1.59 bits per heavy atom. The lowest BCUT2D eigenvalue weighted by atomic mass is 9.92. The lowest BCUT2D eigenvalue weighted by molar-refractivity contribution is -0.129. The Hall–Kier alpha value is -2.61. The van der Waals surface area contributed by atoms with Crippen LogP contribution in [0.1, 0.15) is 61.8 Å². The van der Waals surface area contributed by atoms with Gasteiger partial charge in [-0.3, -0.25) is 0 Å². The average molecular weight is 363 g/mol. The average Bonchev–Trinajstić information content (AvgIpc) is 2.71. The van der Waals surface area contributed by atoms with Crippen molar-refractivity contribution in [3.8, 4) is 5.75 Å². The molecule has 2 heteroatoms. The van der Waals surface area contributed by atoms with Crippen molar-refractivity contribution in [2.45, 2.75) is 52.4 Å². The maximum absolute atomic E-state index is 11.8. The van der Waals surface area contributed by atoms with Gasteiger partial charge in [0.05, 0.1) is 0 Å². The van der Waals surface area contributed by atoms with Crippen molar-refractivity contribution in [3.63, 3.8) is 0 Å². The SMILES string of the molecule is C=CC(=O)Oc1ccc(C=Cc2ccccc2)c(CCCC)c1CCCC. The van der Waals surface area contributed by atoms with Crippen LogP contribution in [0.3, 0.4) is 0 Å². The molecule has 0 heterocycles. The molecule has 0 aliphatic carbocycles. The zero-order valence-corrected chi connectivity index (χ0v) is 16.5. The fourth-order valence-electron chi connectivity index (χ4n) is 3.12. The van der Waals surface area contributed by atoms with Crippen molar-refractivity contribution in [1.29, 1.82) is 0 Å². The Morgan fingerprint density at radius 1 is 0.926 bits per heavy atom. The summed E-state index contributed by atoms with van der Waals surface area (Å²) in [5.41, 5.74) is 4.84. The lowest BCUT2D eigenvalue weighted by Crippen LogP contribution is -2.08. The minimum absolute atomic E-state index is 0.401. The smallest absolute Gasteiger partial charge is 0.335 e. The van der Waals surface area contributed by atoms with E-state index in [9.17, 15) is 4.79 Å². The Bertz CT molecular complexity index is 772. The first-order chi connectivity index (χ1) is 13.2. The molecule has 0 spiro atoms. The molecule has 142 valence electrons. The highest BCUT2D eigenvalue weighted by Crippen LogP contribution is 2.30. The van der Waals surface area contributed by atoms with Gasteiger partial charge in [0.1, 0.15) is 5.75 Å². The van der Waals surface area contributed by atoms with E-state index in [0.717, 1.165) is 44.1 Å². The van der Waals surface area contributed by atoms with E-state index in [-0.39, 0.29) is 0 Å². The lowest BCUT2D eigenvalue weighted by Gasteiger charge is -2.17. The number of carbonyl (C=O) groups is 1. The molecule has 2 rings (SSSR count). The molecule has 0 radical (unpaired) electrons. The molecule has 0 aromatic heterocycles. The molecule has 2 aromatic rings. The minimum atomic E-state index is -0.401. The second-order valence-corrected chi connectivity index (χ2v) is 6.69. The van der Waals surface area contributed by atoms with Gasteiger partial charge in [-0.1, -0.05) is 81.8 Å². The number of hydrogen-bond acceptors (Lipinski definition) is 2. The molecule has 0 unspecified atom stereocenters. The van der Waals surface area contributed by atoms with Gasteiger partial charge in [0, 0.05) is 6.08 Å². The fourth-order valence-corrected chi connectivity index (χ4v) is 3.12. The van der Waals surface area contributed by atoms with Gasteiger partial charge in [-0.25, -0.2) is 4.79 Å². The maximum atomic E-state index is 11.8. The summed E-state index contributed by atoms with van der Waals surface area (Å²) in [5, 5.41) is 0. The van der Waals surface area contributed by atoms with Gasteiger partial charge in [-0.15, -0.1) is 0 Å². The highest BCUT2D eigenvalue weighted by Gasteiger charge is 2.14. The van der Waals surface area contributed by atoms with Crippen molar-refractivity contribution >= 4 is 18.1 Å². The zero-order valence-electron chi connectivity index (χ0n) is 16.5. The predicted molar refractivity (Wildman–Crippen MR) is 115 cm³/mol. The van der Waals surface area contributed by atoms with Gasteiger partial charge in [-0.05, 0) is 54.0 Å². The topological polar surface area (TPSA) is 26.3 Å². The monoisotopic (exact) mass is 362 g/mol. The maximum Gasteiger partial charge on any atom is 0.335 e. The Morgan fingerprint density at radius 3 is 2.22 bits per heavy atom. The fraction of sp³-hybridized carbons (Fsp3) is 0.320. The first-order valence-corrected chi connectivity index (χ1v) is 9.91. The second kappa shape index (κ2) is 11.2. The summed E-state index contributed by atoms with van der Waals surface area (Å²) in [6, 6.07) is 14.3. The van der Waals surface area contributed by atoms with Crippen LogP contribution in [0, 0.1) is 0 Å². The Labute approximate surface area is 163 Å². The molecule has 0 fully saturated rings. The van der Waals surface area contributed by atoms with Crippen molar-refractivity contribution in [1.82, 2.24) is 0 Å². The van der Waals surface area contributed by atoms with Gasteiger partial charge in [0.25, 0.3) is 0 Å². The number of hydrogen-bond donors (Lipinski definition) is 0. The van der Waals surface area contributed by atoms with Crippen LogP contribution in [0.15, 0.2) is 55.1 Å². The van der Waals surface area contributed by atoms with E-state index in [1.54, 1.807) is 0 Å². The summed E-state index contributed by atoms with van der Waals surface area (Å²) >= 11 is 0. The van der Waals surface area contributed by atoms with Gasteiger partial charge in [-0.2, -0.15) is 0 Å². The molecule has 0 amide bonds. The van der Waals surface area contributed by atoms with E-state index in [2.05, 4.69) is 50.8 Å². The number of esters is 1. The largest absolute Gasteiger partial charge is 0.423 e. The van der Waals surface area contributed by atoms with E-state index in [1.165, 1.54) is 22.8 Å². The van der Waals surface area contributed by atoms with Crippen LogP contribution in [0.5, 0.6) is 5.75 Å². The standard InChI is InChI=1S/C25H30O2/c1-4-7-14-22-21(17-16-20-12-10-9-11-13-20)18-19-24(27-25(26)6-3)23(22)15-8-5-2/h6,9-13,16-19H,3-5,7-8,14-15H2,1-2H3. The third-order valence-electron chi connectivity index (χ3n) is 4.62. The molecule has 0 bridgehead atoms. The number of carbonyl (C=O) groups excluding carboxylic acids is 1. The predicted octanol–water partition coefficient (Wildman–Crippen LogP) is 6.63. The number of benzene rings is 2. The molecular formula is C25H30O2. The summed E-state index contributed by atoms with van der Waals surface area (Å²) in [6.45, 7) is 7.90. The second-order valence-electron chi connectivity index (χ2n) is 6.69. The highest BCUT2D eigenvalue weighted by molar-refractivity contribution is 5.84. The van der Waals surface area contributed by atoms with Crippen LogP contribution < -0.4 is 4.74 Å². The highest BCUT2D eigenvalue weighted by atomic mass is 16.5. The van der Waals surface area contributed by atoms with E-state index >= 15 is 0 Å². The van der Waals surface area contributed by atoms with Crippen LogP contribution in [0.25, 0.3) is 12.2 Å². The molecule has 0 saturated carbocycles. The van der Waals surface area contributed by atoms with Crippen molar-refractivity contribution in [3.05, 3.63) is 77.4 Å². The summed E-state index contributed by atoms with van der Waals surface area (Å²) < 4.78 is 5.55. The molecule has 27 heavy (non-hydrogen) atoms. The van der Waals surface area contributed by atoms with Crippen molar-refractivity contribution < 1.29 is 9.53 Å². The van der Waals surface area contributed by atoms with Gasteiger partial charge in [0.15, 0.2) is 0 Å². The summed E-state index contributed by atoms with van der Waals surface area (Å²) in [5.74, 6) is 0.276.